The molecule has 0 aromatic rings. The van der Waals surface area contributed by atoms with Crippen LogP contribution in [0.5, 0.6) is 0 Å². The van der Waals surface area contributed by atoms with Crippen molar-refractivity contribution in [3.05, 3.63) is 0 Å². The molecule has 0 aliphatic carbocycles. The second-order valence-electron chi connectivity index (χ2n) is 5.64. The number of hydrogen-bond acceptors (Lipinski definition) is 4. The Hall–Kier alpha value is -1.15. The standard InChI is InChI=1S/C13H26N2O5S/c1-5-6-10(13(17)18)8-14-12(16)11(7-9(2)3)15-21(4,19)20/h9-11,15H,5-8H2,1-4H3,(H,14,16)(H,17,18). The molecule has 2 unspecified atom stereocenters. The molecule has 0 bridgehead atoms. The molecule has 0 heterocycles. The first kappa shape index (κ1) is 19.9. The normalized spacial score (nSPS) is 14.7. The monoisotopic (exact) mass is 322 g/mol. The van der Waals surface area contributed by atoms with Crippen molar-refractivity contribution >= 4 is 21.9 Å². The smallest absolute Gasteiger partial charge is 0.308 e. The first-order valence-electron chi connectivity index (χ1n) is 7.04. The van der Waals surface area contributed by atoms with Crippen molar-refractivity contribution in [3.8, 4) is 0 Å². The summed E-state index contributed by atoms with van der Waals surface area (Å²) in [4.78, 5) is 23.1. The van der Waals surface area contributed by atoms with E-state index in [1.54, 1.807) is 0 Å². The SMILES string of the molecule is CCCC(CNC(=O)C(CC(C)C)NS(C)(=O)=O)C(=O)O. The molecule has 0 aromatic carbocycles. The molecule has 2 atom stereocenters. The predicted molar refractivity (Wildman–Crippen MR) is 80.3 cm³/mol. The van der Waals surface area contributed by atoms with E-state index >= 15 is 0 Å². The number of carbonyl (C=O) groups is 2. The van der Waals surface area contributed by atoms with Crippen molar-refractivity contribution in [3.63, 3.8) is 0 Å². The van der Waals surface area contributed by atoms with Crippen LogP contribution in [0.3, 0.4) is 0 Å². The number of nitrogens with one attached hydrogen (secondary N) is 2. The average Bonchev–Trinajstić information content (AvgIpc) is 2.30. The fourth-order valence-corrected chi connectivity index (χ4v) is 2.67. The first-order chi connectivity index (χ1) is 9.56. The van der Waals surface area contributed by atoms with Crippen LogP contribution in [0.1, 0.15) is 40.0 Å². The average molecular weight is 322 g/mol. The Balaban J connectivity index is 4.69. The Kier molecular flexibility index (Phi) is 8.50. The first-order valence-corrected chi connectivity index (χ1v) is 8.93. The molecule has 0 radical (unpaired) electrons. The van der Waals surface area contributed by atoms with Gasteiger partial charge in [-0.2, -0.15) is 0 Å². The van der Waals surface area contributed by atoms with E-state index in [-0.39, 0.29) is 12.5 Å². The Morgan fingerprint density at radius 1 is 1.24 bits per heavy atom. The second-order valence-corrected chi connectivity index (χ2v) is 7.42. The molecule has 8 heteroatoms. The van der Waals surface area contributed by atoms with E-state index in [1.165, 1.54) is 0 Å². The van der Waals surface area contributed by atoms with Crippen LogP contribution in [0.2, 0.25) is 0 Å². The van der Waals surface area contributed by atoms with E-state index in [4.69, 9.17) is 5.11 Å². The van der Waals surface area contributed by atoms with Crippen molar-refractivity contribution in [2.45, 2.75) is 46.1 Å². The summed E-state index contributed by atoms with van der Waals surface area (Å²) in [5.41, 5.74) is 0. The summed E-state index contributed by atoms with van der Waals surface area (Å²) in [5.74, 6) is -1.98. The zero-order chi connectivity index (χ0) is 16.6. The minimum atomic E-state index is -3.51. The van der Waals surface area contributed by atoms with Gasteiger partial charge in [0.15, 0.2) is 0 Å². The molecular formula is C13H26N2O5S. The van der Waals surface area contributed by atoms with E-state index < -0.39 is 33.9 Å². The minimum Gasteiger partial charge on any atom is -0.481 e. The number of rotatable bonds is 10. The Morgan fingerprint density at radius 2 is 1.81 bits per heavy atom. The number of amides is 1. The van der Waals surface area contributed by atoms with E-state index in [0.717, 1.165) is 6.26 Å². The van der Waals surface area contributed by atoms with Crippen molar-refractivity contribution in [2.75, 3.05) is 12.8 Å². The van der Waals surface area contributed by atoms with E-state index in [0.29, 0.717) is 19.3 Å². The maximum absolute atomic E-state index is 12.1. The van der Waals surface area contributed by atoms with Crippen LogP contribution in [0, 0.1) is 11.8 Å². The van der Waals surface area contributed by atoms with Gasteiger partial charge in [-0.15, -0.1) is 0 Å². The second kappa shape index (κ2) is 8.99. The van der Waals surface area contributed by atoms with Gasteiger partial charge in [-0.1, -0.05) is 27.2 Å². The molecule has 0 spiro atoms. The van der Waals surface area contributed by atoms with Crippen LogP contribution in [0.25, 0.3) is 0 Å². The van der Waals surface area contributed by atoms with E-state index in [9.17, 15) is 18.0 Å². The summed E-state index contributed by atoms with van der Waals surface area (Å²) < 4.78 is 24.9. The van der Waals surface area contributed by atoms with Gasteiger partial charge >= 0.3 is 5.97 Å². The lowest BCUT2D eigenvalue weighted by Crippen LogP contribution is -2.48. The number of aliphatic carboxylic acids is 1. The molecule has 0 aliphatic rings. The highest BCUT2D eigenvalue weighted by Gasteiger charge is 2.25. The molecule has 7 nitrogen and oxygen atoms in total. The molecule has 1 amide bonds. The number of carbonyl (C=O) groups excluding carboxylic acids is 1. The Bertz CT molecular complexity index is 447. The van der Waals surface area contributed by atoms with E-state index in [1.807, 2.05) is 20.8 Å². The van der Waals surface area contributed by atoms with Crippen molar-refractivity contribution in [1.82, 2.24) is 10.0 Å². The summed E-state index contributed by atoms with van der Waals surface area (Å²) in [7, 11) is -3.51. The van der Waals surface area contributed by atoms with Gasteiger partial charge < -0.3 is 10.4 Å². The molecule has 3 N–H and O–H groups in total. The number of carboxylic acid groups (broad SMARTS) is 1. The van der Waals surface area contributed by atoms with Gasteiger partial charge in [-0.3, -0.25) is 9.59 Å². The third-order valence-corrected chi connectivity index (χ3v) is 3.60. The number of sulfonamides is 1. The van der Waals surface area contributed by atoms with Crippen LogP contribution in [0.4, 0.5) is 0 Å². The minimum absolute atomic E-state index is 0.00203. The number of hydrogen-bond donors (Lipinski definition) is 3. The van der Waals surface area contributed by atoms with Crippen LogP contribution in [-0.4, -0.2) is 44.2 Å². The lowest BCUT2D eigenvalue weighted by atomic mass is 10.0. The van der Waals surface area contributed by atoms with Crippen molar-refractivity contribution < 1.29 is 23.1 Å². The molecule has 21 heavy (non-hydrogen) atoms. The molecule has 0 rings (SSSR count). The summed E-state index contributed by atoms with van der Waals surface area (Å²) in [6.45, 7) is 5.62. The summed E-state index contributed by atoms with van der Waals surface area (Å²) in [6.07, 6.45) is 2.50. The Morgan fingerprint density at radius 3 is 2.19 bits per heavy atom. The van der Waals surface area contributed by atoms with Crippen LogP contribution < -0.4 is 10.0 Å². The molecular weight excluding hydrogens is 296 g/mol. The van der Waals surface area contributed by atoms with Gasteiger partial charge in [0.1, 0.15) is 6.04 Å². The van der Waals surface area contributed by atoms with Crippen LogP contribution >= 0.6 is 0 Å². The van der Waals surface area contributed by atoms with Crippen molar-refractivity contribution in [1.29, 1.82) is 0 Å². The van der Waals surface area contributed by atoms with Gasteiger partial charge in [0.2, 0.25) is 15.9 Å². The topological polar surface area (TPSA) is 113 Å². The molecule has 0 saturated carbocycles. The fraction of sp³-hybridized carbons (Fsp3) is 0.846. The zero-order valence-corrected chi connectivity index (χ0v) is 13.9. The largest absolute Gasteiger partial charge is 0.481 e. The quantitative estimate of drug-likeness (QED) is 0.544. The maximum Gasteiger partial charge on any atom is 0.308 e. The molecule has 0 saturated heterocycles. The van der Waals surface area contributed by atoms with Gasteiger partial charge in [0, 0.05) is 6.54 Å². The lowest BCUT2D eigenvalue weighted by Gasteiger charge is -2.20. The third kappa shape index (κ3) is 9.41. The highest BCUT2D eigenvalue weighted by Crippen LogP contribution is 2.08. The van der Waals surface area contributed by atoms with Crippen molar-refractivity contribution in [2.24, 2.45) is 11.8 Å². The van der Waals surface area contributed by atoms with Gasteiger partial charge in [0.05, 0.1) is 12.2 Å². The highest BCUT2D eigenvalue weighted by atomic mass is 32.2. The molecule has 0 fully saturated rings. The highest BCUT2D eigenvalue weighted by molar-refractivity contribution is 7.88. The fourth-order valence-electron chi connectivity index (χ4n) is 1.95. The molecule has 124 valence electrons. The van der Waals surface area contributed by atoms with Gasteiger partial charge in [-0.05, 0) is 18.8 Å². The van der Waals surface area contributed by atoms with Crippen LogP contribution in [-0.2, 0) is 19.6 Å². The van der Waals surface area contributed by atoms with Crippen LogP contribution in [0.15, 0.2) is 0 Å². The lowest BCUT2D eigenvalue weighted by molar-refractivity contribution is -0.142. The summed E-state index contributed by atoms with van der Waals surface area (Å²) >= 11 is 0. The number of carboxylic acids is 1. The van der Waals surface area contributed by atoms with Gasteiger partial charge in [0.25, 0.3) is 0 Å². The summed E-state index contributed by atoms with van der Waals surface area (Å²) in [6, 6.07) is -0.879. The third-order valence-electron chi connectivity index (χ3n) is 2.89. The molecule has 0 aliphatic heterocycles. The van der Waals surface area contributed by atoms with E-state index in [2.05, 4.69) is 10.0 Å². The predicted octanol–water partition coefficient (Wildman–Crippen LogP) is 0.567. The zero-order valence-electron chi connectivity index (χ0n) is 13.0. The summed E-state index contributed by atoms with van der Waals surface area (Å²) in [5, 5.41) is 11.6. The molecule has 0 aromatic heterocycles. The maximum atomic E-state index is 12.1. The van der Waals surface area contributed by atoms with Gasteiger partial charge in [-0.25, -0.2) is 13.1 Å². The Labute approximate surface area is 126 Å².